The lowest BCUT2D eigenvalue weighted by atomic mass is 9.63. The van der Waals surface area contributed by atoms with Gasteiger partial charge >= 0.3 is 0 Å². The van der Waals surface area contributed by atoms with Crippen molar-refractivity contribution in [3.8, 4) is 11.4 Å². The monoisotopic (exact) mass is 618 g/mol. The van der Waals surface area contributed by atoms with Crippen LogP contribution in [0.2, 0.25) is 0 Å². The number of fused-ring (bicyclic) bond motifs is 10. The van der Waals surface area contributed by atoms with Gasteiger partial charge in [0, 0.05) is 32.6 Å². The molecule has 0 radical (unpaired) electrons. The van der Waals surface area contributed by atoms with Crippen molar-refractivity contribution in [3.05, 3.63) is 145 Å². The van der Waals surface area contributed by atoms with E-state index in [1.54, 1.807) is 0 Å². The van der Waals surface area contributed by atoms with Gasteiger partial charge in [0.2, 0.25) is 0 Å². The highest BCUT2D eigenvalue weighted by molar-refractivity contribution is 6.25. The molecule has 0 bridgehead atoms. The van der Waals surface area contributed by atoms with Gasteiger partial charge in [-0.2, -0.15) is 0 Å². The fraction of sp³-hybridized carbons (Fsp3) is 0.174. The summed E-state index contributed by atoms with van der Waals surface area (Å²) in [5, 5.41) is 10.4. The van der Waals surface area contributed by atoms with Crippen LogP contribution in [-0.2, 0) is 10.8 Å². The van der Waals surface area contributed by atoms with Gasteiger partial charge in [0.05, 0.1) is 27.8 Å². The van der Waals surface area contributed by atoms with Gasteiger partial charge in [-0.05, 0) is 99.5 Å². The predicted octanol–water partition coefficient (Wildman–Crippen LogP) is 12.5. The molecule has 48 heavy (non-hydrogen) atoms. The van der Waals surface area contributed by atoms with Crippen molar-refractivity contribution in [2.75, 3.05) is 0 Å². The molecule has 9 aromatic rings. The third kappa shape index (κ3) is 3.75. The number of para-hydroxylation sites is 1. The molecule has 2 heteroatoms. The van der Waals surface area contributed by atoms with Gasteiger partial charge in [0.25, 0.3) is 0 Å². The minimum absolute atomic E-state index is 0.114. The molecule has 232 valence electrons. The van der Waals surface area contributed by atoms with Gasteiger partial charge in [-0.3, -0.25) is 0 Å². The number of nitrogens with zero attached hydrogens (tertiary/aromatic N) is 2. The topological polar surface area (TPSA) is 9.86 Å². The van der Waals surface area contributed by atoms with Crippen molar-refractivity contribution in [1.82, 2.24) is 9.13 Å². The van der Waals surface area contributed by atoms with Crippen LogP contribution in [0.3, 0.4) is 0 Å². The molecule has 0 spiro atoms. The van der Waals surface area contributed by atoms with E-state index in [-0.39, 0.29) is 10.8 Å². The first-order chi connectivity index (χ1) is 23.3. The molecule has 0 saturated carbocycles. The Balaban J connectivity index is 1.45. The first kappa shape index (κ1) is 27.7. The SMILES string of the molecule is CC1(C)CCC(C)(C)c2cc3c(cc21)c1cc2c4c5ccccc5ccc4n(-c4ccccc4)c2cc1n3-c1cccc2ccccc12. The minimum atomic E-state index is 0.114. The van der Waals surface area contributed by atoms with Crippen LogP contribution in [0.4, 0.5) is 0 Å². The maximum Gasteiger partial charge on any atom is 0.0562 e. The van der Waals surface area contributed by atoms with Crippen LogP contribution in [0.5, 0.6) is 0 Å². The van der Waals surface area contributed by atoms with Crippen LogP contribution in [0.15, 0.2) is 133 Å². The Kier molecular flexibility index (Phi) is 5.55. The van der Waals surface area contributed by atoms with Crippen LogP contribution in [0.25, 0.3) is 76.5 Å². The number of rotatable bonds is 2. The van der Waals surface area contributed by atoms with Crippen molar-refractivity contribution in [2.45, 2.75) is 51.4 Å². The summed E-state index contributed by atoms with van der Waals surface area (Å²) in [6, 6.07) is 50.0. The number of hydrogen-bond acceptors (Lipinski definition) is 0. The summed E-state index contributed by atoms with van der Waals surface area (Å²) >= 11 is 0. The lowest BCUT2D eigenvalue weighted by Crippen LogP contribution is -2.33. The number of aromatic nitrogens is 2. The molecule has 0 N–H and O–H groups in total. The van der Waals surface area contributed by atoms with Crippen LogP contribution in [0, 0.1) is 0 Å². The molecule has 2 nitrogen and oxygen atoms in total. The average Bonchev–Trinajstić information content (AvgIpc) is 3.60. The van der Waals surface area contributed by atoms with E-state index < -0.39 is 0 Å². The molecule has 0 fully saturated rings. The van der Waals surface area contributed by atoms with E-state index in [0.29, 0.717) is 0 Å². The fourth-order valence-corrected chi connectivity index (χ4v) is 8.87. The Morgan fingerprint density at radius 2 is 1.00 bits per heavy atom. The Bertz CT molecular complexity index is 2770. The molecule has 2 heterocycles. The highest BCUT2D eigenvalue weighted by Gasteiger charge is 2.38. The third-order valence-electron chi connectivity index (χ3n) is 11.5. The Hall–Kier alpha value is -5.34. The highest BCUT2D eigenvalue weighted by atomic mass is 15.0. The predicted molar refractivity (Wildman–Crippen MR) is 205 cm³/mol. The van der Waals surface area contributed by atoms with Gasteiger partial charge < -0.3 is 9.13 Å². The zero-order chi connectivity index (χ0) is 32.4. The second-order valence-electron chi connectivity index (χ2n) is 15.3. The van der Waals surface area contributed by atoms with Crippen molar-refractivity contribution in [3.63, 3.8) is 0 Å². The zero-order valence-corrected chi connectivity index (χ0v) is 28.0. The maximum atomic E-state index is 2.57. The first-order valence-electron chi connectivity index (χ1n) is 17.3. The van der Waals surface area contributed by atoms with E-state index in [2.05, 4.69) is 170 Å². The highest BCUT2D eigenvalue weighted by Crippen LogP contribution is 2.50. The standard InChI is InChI=1S/C46H38N2/c1-45(2)23-24-46(3,4)38-27-41-35(26-37(38)45)34-25-36-43(28-42(34)48(41)39-20-12-15-29-13-8-10-18-32(29)39)47(31-16-6-5-7-17-31)40-22-21-30-14-9-11-19-33(30)44(36)40/h5-22,25-28H,23-24H2,1-4H3. The smallest absolute Gasteiger partial charge is 0.0562 e. The van der Waals surface area contributed by atoms with Gasteiger partial charge in [0.1, 0.15) is 0 Å². The molecular formula is C46H38N2. The molecule has 2 aromatic heterocycles. The number of hydrogen-bond donors (Lipinski definition) is 0. The quantitative estimate of drug-likeness (QED) is 0.182. The molecule has 0 atom stereocenters. The molecule has 0 amide bonds. The van der Waals surface area contributed by atoms with E-state index >= 15 is 0 Å². The van der Waals surface area contributed by atoms with Crippen molar-refractivity contribution in [1.29, 1.82) is 0 Å². The summed E-state index contributed by atoms with van der Waals surface area (Å²) in [7, 11) is 0. The van der Waals surface area contributed by atoms with E-state index in [1.807, 2.05) is 0 Å². The maximum absolute atomic E-state index is 2.57. The molecule has 10 rings (SSSR count). The zero-order valence-electron chi connectivity index (χ0n) is 28.0. The second kappa shape index (κ2) is 9.61. The van der Waals surface area contributed by atoms with Crippen molar-refractivity contribution >= 4 is 65.2 Å². The minimum Gasteiger partial charge on any atom is -0.309 e. The second-order valence-corrected chi connectivity index (χ2v) is 15.3. The lowest BCUT2D eigenvalue weighted by Gasteiger charge is -2.42. The lowest BCUT2D eigenvalue weighted by molar-refractivity contribution is 0.332. The third-order valence-corrected chi connectivity index (χ3v) is 11.5. The van der Waals surface area contributed by atoms with Crippen LogP contribution in [0.1, 0.15) is 51.7 Å². The fourth-order valence-electron chi connectivity index (χ4n) is 8.87. The van der Waals surface area contributed by atoms with E-state index in [0.717, 1.165) is 0 Å². The van der Waals surface area contributed by atoms with Crippen LogP contribution in [-0.4, -0.2) is 9.13 Å². The normalized spacial score (nSPS) is 15.7. The molecular weight excluding hydrogens is 581 g/mol. The van der Waals surface area contributed by atoms with Gasteiger partial charge in [-0.25, -0.2) is 0 Å². The van der Waals surface area contributed by atoms with Crippen molar-refractivity contribution in [2.24, 2.45) is 0 Å². The average molecular weight is 619 g/mol. The molecule has 1 aliphatic rings. The van der Waals surface area contributed by atoms with Crippen LogP contribution < -0.4 is 0 Å². The molecule has 0 saturated heterocycles. The summed E-state index contributed by atoms with van der Waals surface area (Å²) in [6.07, 6.45) is 2.39. The summed E-state index contributed by atoms with van der Waals surface area (Å²) in [5.74, 6) is 0. The summed E-state index contributed by atoms with van der Waals surface area (Å²) in [5.41, 5.74) is 10.6. The van der Waals surface area contributed by atoms with E-state index in [1.165, 1.54) is 100 Å². The molecule has 1 aliphatic carbocycles. The Morgan fingerprint density at radius 1 is 0.417 bits per heavy atom. The molecule has 0 aliphatic heterocycles. The van der Waals surface area contributed by atoms with E-state index in [9.17, 15) is 0 Å². The molecule has 7 aromatic carbocycles. The Labute approximate surface area is 280 Å². The summed E-state index contributed by atoms with van der Waals surface area (Å²) < 4.78 is 5.04. The van der Waals surface area contributed by atoms with Crippen molar-refractivity contribution < 1.29 is 0 Å². The van der Waals surface area contributed by atoms with Gasteiger partial charge in [-0.1, -0.05) is 113 Å². The summed E-state index contributed by atoms with van der Waals surface area (Å²) in [4.78, 5) is 0. The van der Waals surface area contributed by atoms with Gasteiger partial charge in [-0.15, -0.1) is 0 Å². The first-order valence-corrected chi connectivity index (χ1v) is 17.3. The number of benzene rings is 7. The largest absolute Gasteiger partial charge is 0.309 e. The summed E-state index contributed by atoms with van der Waals surface area (Å²) in [6.45, 7) is 9.75. The van der Waals surface area contributed by atoms with E-state index in [4.69, 9.17) is 0 Å². The van der Waals surface area contributed by atoms with Crippen LogP contribution >= 0.6 is 0 Å². The molecule has 0 unspecified atom stereocenters. The Morgan fingerprint density at radius 3 is 1.77 bits per heavy atom. The van der Waals surface area contributed by atoms with Gasteiger partial charge in [0.15, 0.2) is 0 Å².